The maximum atomic E-state index is 13.7. The number of aromatic nitrogens is 1. The summed E-state index contributed by atoms with van der Waals surface area (Å²) >= 11 is 24.9. The van der Waals surface area contributed by atoms with Crippen LogP contribution in [-0.2, 0) is 24.3 Å². The minimum absolute atomic E-state index is 0.0321. The second-order valence-electron chi connectivity index (χ2n) is 9.41. The van der Waals surface area contributed by atoms with Crippen molar-refractivity contribution in [1.82, 2.24) is 14.8 Å². The molecule has 0 bridgehead atoms. The van der Waals surface area contributed by atoms with Crippen molar-refractivity contribution in [1.29, 1.82) is 0 Å². The van der Waals surface area contributed by atoms with Crippen LogP contribution >= 0.6 is 46.4 Å². The summed E-state index contributed by atoms with van der Waals surface area (Å²) in [4.78, 5) is 21.1. The molecular weight excluding hydrogens is 548 g/mol. The molecule has 8 heteroatoms. The monoisotopic (exact) mass is 575 g/mol. The number of nitrogens with one attached hydrogen (secondary N) is 1. The van der Waals surface area contributed by atoms with Gasteiger partial charge in [0.05, 0.1) is 16.6 Å². The quantitative estimate of drug-likeness (QED) is 0.206. The van der Waals surface area contributed by atoms with Crippen LogP contribution in [0.25, 0.3) is 10.9 Å². The van der Waals surface area contributed by atoms with Crippen molar-refractivity contribution in [3.05, 3.63) is 104 Å². The number of para-hydroxylation sites is 1. The summed E-state index contributed by atoms with van der Waals surface area (Å²) in [5.74, 6) is 0.0321. The third kappa shape index (κ3) is 7.22. The number of carbonyl (C=O) groups is 1. The average molecular weight is 577 g/mol. The fourth-order valence-corrected chi connectivity index (χ4v) is 5.10. The molecule has 1 heterocycles. The van der Waals surface area contributed by atoms with E-state index in [2.05, 4.69) is 35.9 Å². The molecule has 0 aliphatic rings. The highest BCUT2D eigenvalue weighted by Crippen LogP contribution is 2.25. The summed E-state index contributed by atoms with van der Waals surface area (Å²) in [5, 5.41) is 3.33. The summed E-state index contributed by atoms with van der Waals surface area (Å²) in [6.45, 7) is 5.95. The Balaban J connectivity index is 1.54. The first-order chi connectivity index (χ1) is 17.7. The molecule has 4 nitrogen and oxygen atoms in total. The van der Waals surface area contributed by atoms with Gasteiger partial charge in [0.1, 0.15) is 0 Å². The second kappa shape index (κ2) is 12.6. The zero-order valence-electron chi connectivity index (χ0n) is 20.8. The van der Waals surface area contributed by atoms with Gasteiger partial charge in [0.2, 0.25) is 5.91 Å². The van der Waals surface area contributed by atoms with Crippen LogP contribution < -0.4 is 0 Å². The number of amides is 1. The minimum Gasteiger partial charge on any atom is -0.361 e. The Kier molecular flexibility index (Phi) is 9.44. The van der Waals surface area contributed by atoms with Crippen LogP contribution in [0.1, 0.15) is 30.5 Å². The van der Waals surface area contributed by atoms with Gasteiger partial charge in [-0.15, -0.1) is 0 Å². The number of rotatable bonds is 10. The van der Waals surface area contributed by atoms with E-state index in [1.807, 2.05) is 47.5 Å². The largest absolute Gasteiger partial charge is 0.361 e. The van der Waals surface area contributed by atoms with Crippen molar-refractivity contribution in [3.63, 3.8) is 0 Å². The van der Waals surface area contributed by atoms with E-state index >= 15 is 0 Å². The normalized spacial score (nSPS) is 11.6. The number of aromatic amines is 1. The van der Waals surface area contributed by atoms with Gasteiger partial charge in [0.15, 0.2) is 0 Å². The first-order valence-corrected chi connectivity index (χ1v) is 13.7. The molecule has 0 aliphatic carbocycles. The zero-order chi connectivity index (χ0) is 26.5. The van der Waals surface area contributed by atoms with Crippen LogP contribution in [0.5, 0.6) is 0 Å². The number of nitrogens with zero attached hydrogens (tertiary/aromatic N) is 2. The van der Waals surface area contributed by atoms with E-state index in [0.717, 1.165) is 23.1 Å². The van der Waals surface area contributed by atoms with Gasteiger partial charge in [0.25, 0.3) is 0 Å². The second-order valence-corrected chi connectivity index (χ2v) is 11.1. The molecule has 4 rings (SSSR count). The molecule has 1 N–H and O–H groups in total. The number of halogens is 4. The molecule has 194 valence electrons. The number of carbonyl (C=O) groups excluding carboxylic acids is 1. The summed E-state index contributed by atoms with van der Waals surface area (Å²) in [7, 11) is 0. The van der Waals surface area contributed by atoms with Crippen LogP contribution in [0.4, 0.5) is 0 Å². The minimum atomic E-state index is 0.0321. The van der Waals surface area contributed by atoms with Gasteiger partial charge in [-0.2, -0.15) is 0 Å². The number of hydrogen-bond acceptors (Lipinski definition) is 2. The summed E-state index contributed by atoms with van der Waals surface area (Å²) < 4.78 is 0. The van der Waals surface area contributed by atoms with E-state index < -0.39 is 0 Å². The fraction of sp³-hybridized carbons (Fsp3) is 0.276. The lowest BCUT2D eigenvalue weighted by atomic mass is 10.1. The number of hydrogen-bond donors (Lipinski definition) is 1. The highest BCUT2D eigenvalue weighted by molar-refractivity contribution is 6.42. The fourth-order valence-electron chi connectivity index (χ4n) is 4.31. The molecule has 0 saturated carbocycles. The van der Waals surface area contributed by atoms with Gasteiger partial charge in [-0.05, 0) is 67.3 Å². The van der Waals surface area contributed by atoms with Gasteiger partial charge >= 0.3 is 0 Å². The smallest absolute Gasteiger partial charge is 0.237 e. The summed E-state index contributed by atoms with van der Waals surface area (Å²) in [6, 6.07) is 19.3. The van der Waals surface area contributed by atoms with Gasteiger partial charge < -0.3 is 9.88 Å². The van der Waals surface area contributed by atoms with Crippen LogP contribution in [-0.4, -0.2) is 39.8 Å². The Labute approximate surface area is 238 Å². The molecule has 3 aromatic carbocycles. The molecule has 0 fully saturated rings. The van der Waals surface area contributed by atoms with E-state index in [0.29, 0.717) is 39.7 Å². The van der Waals surface area contributed by atoms with Crippen molar-refractivity contribution < 1.29 is 4.79 Å². The highest BCUT2D eigenvalue weighted by atomic mass is 35.5. The molecular formula is C29H29Cl4N3O. The summed E-state index contributed by atoms with van der Waals surface area (Å²) in [6.07, 6.45) is 2.75. The van der Waals surface area contributed by atoms with Crippen molar-refractivity contribution in [3.8, 4) is 0 Å². The third-order valence-electron chi connectivity index (χ3n) is 6.49. The number of fused-ring (bicyclic) bond motifs is 1. The van der Waals surface area contributed by atoms with Crippen LogP contribution in [0.15, 0.2) is 66.9 Å². The first kappa shape index (κ1) is 27.8. The average Bonchev–Trinajstić information content (AvgIpc) is 3.28. The lowest BCUT2D eigenvalue weighted by molar-refractivity contribution is -0.133. The van der Waals surface area contributed by atoms with Crippen LogP contribution in [0.2, 0.25) is 20.1 Å². The van der Waals surface area contributed by atoms with Gasteiger partial charge in [-0.25, -0.2) is 0 Å². The predicted molar refractivity (Wildman–Crippen MR) is 156 cm³/mol. The van der Waals surface area contributed by atoms with E-state index in [9.17, 15) is 4.79 Å². The topological polar surface area (TPSA) is 39.3 Å². The van der Waals surface area contributed by atoms with Crippen molar-refractivity contribution in [2.24, 2.45) is 0 Å². The molecule has 0 spiro atoms. The van der Waals surface area contributed by atoms with Gasteiger partial charge in [-0.1, -0.05) is 76.7 Å². The van der Waals surface area contributed by atoms with Crippen LogP contribution in [0.3, 0.4) is 0 Å². The van der Waals surface area contributed by atoms with Crippen molar-refractivity contribution in [2.45, 2.75) is 39.4 Å². The first-order valence-electron chi connectivity index (χ1n) is 12.2. The van der Waals surface area contributed by atoms with Gasteiger partial charge in [-0.3, -0.25) is 9.69 Å². The Hall–Kier alpha value is -2.21. The Morgan fingerprint density at radius 1 is 0.865 bits per heavy atom. The third-order valence-corrected chi connectivity index (χ3v) is 7.82. The molecule has 0 saturated heterocycles. The lowest BCUT2D eigenvalue weighted by Gasteiger charge is -2.30. The molecule has 0 aliphatic heterocycles. The van der Waals surface area contributed by atoms with Crippen molar-refractivity contribution >= 4 is 63.2 Å². The number of benzene rings is 3. The predicted octanol–water partition coefficient (Wildman–Crippen LogP) is 8.26. The Morgan fingerprint density at radius 3 is 2.38 bits per heavy atom. The SMILES string of the molecule is CC(C)N(CC(=O)N(CCc1c[nH]c2ccccc12)Cc1ccc(Cl)c(Cl)c1)Cc1ccc(Cl)cc1Cl. The summed E-state index contributed by atoms with van der Waals surface area (Å²) in [5.41, 5.74) is 4.13. The number of H-pyrrole nitrogens is 1. The van der Waals surface area contributed by atoms with Crippen LogP contribution in [0, 0.1) is 0 Å². The molecule has 0 unspecified atom stereocenters. The van der Waals surface area contributed by atoms with E-state index in [1.54, 1.807) is 12.1 Å². The molecule has 0 atom stereocenters. The van der Waals surface area contributed by atoms with E-state index in [-0.39, 0.29) is 18.5 Å². The highest BCUT2D eigenvalue weighted by Gasteiger charge is 2.21. The Bertz CT molecular complexity index is 1380. The van der Waals surface area contributed by atoms with E-state index in [4.69, 9.17) is 46.4 Å². The molecule has 0 radical (unpaired) electrons. The molecule has 37 heavy (non-hydrogen) atoms. The maximum absolute atomic E-state index is 13.7. The lowest BCUT2D eigenvalue weighted by Crippen LogP contribution is -2.43. The molecule has 1 amide bonds. The molecule has 4 aromatic rings. The molecule has 1 aromatic heterocycles. The van der Waals surface area contributed by atoms with E-state index in [1.165, 1.54) is 10.9 Å². The standard InChI is InChI=1S/C29H29Cl4N3O/c1-19(2)36(17-22-8-9-23(30)14-26(22)32)18-29(37)35(16-20-7-10-25(31)27(33)13-20)12-11-21-15-34-28-6-4-3-5-24(21)28/h3-10,13-15,19,34H,11-12,16-18H2,1-2H3. The Morgan fingerprint density at radius 2 is 1.65 bits per heavy atom. The maximum Gasteiger partial charge on any atom is 0.237 e. The zero-order valence-corrected chi connectivity index (χ0v) is 23.8. The van der Waals surface area contributed by atoms with Gasteiger partial charge in [0, 0.05) is 52.8 Å². The van der Waals surface area contributed by atoms with Crippen molar-refractivity contribution in [2.75, 3.05) is 13.1 Å².